The maximum absolute atomic E-state index is 12.6. The minimum atomic E-state index is 0.112. The number of amides is 1. The van der Waals surface area contributed by atoms with E-state index in [4.69, 9.17) is 4.42 Å². The van der Waals surface area contributed by atoms with Crippen molar-refractivity contribution in [3.63, 3.8) is 0 Å². The summed E-state index contributed by atoms with van der Waals surface area (Å²) in [5.74, 6) is 0.112. The topological polar surface area (TPSA) is 36.7 Å². The fourth-order valence-electron chi connectivity index (χ4n) is 4.52. The van der Waals surface area contributed by atoms with Crippen LogP contribution in [0.2, 0.25) is 0 Å². The summed E-state index contributed by atoms with van der Waals surface area (Å²) in [7, 11) is 0. The monoisotopic (exact) mass is 338 g/mol. The first-order valence-corrected chi connectivity index (χ1v) is 9.23. The molecular weight excluding hydrogens is 312 g/mol. The van der Waals surface area contributed by atoms with Crippen molar-refractivity contribution >= 4 is 5.91 Å². The first kappa shape index (κ1) is 16.4. The molecule has 2 fully saturated rings. The molecular formula is C21H26N2O2. The van der Waals surface area contributed by atoms with Gasteiger partial charge >= 0.3 is 0 Å². The van der Waals surface area contributed by atoms with Crippen LogP contribution >= 0.6 is 0 Å². The first-order valence-electron chi connectivity index (χ1n) is 9.23. The second-order valence-electron chi connectivity index (χ2n) is 7.79. The van der Waals surface area contributed by atoms with E-state index in [1.165, 1.54) is 24.0 Å². The van der Waals surface area contributed by atoms with Crippen molar-refractivity contribution in [2.45, 2.75) is 32.7 Å². The third-order valence-electron chi connectivity index (χ3n) is 5.72. The van der Waals surface area contributed by atoms with E-state index in [9.17, 15) is 4.79 Å². The molecule has 2 aliphatic rings. The molecule has 1 aromatic heterocycles. The summed E-state index contributed by atoms with van der Waals surface area (Å²) in [6.07, 6.45) is 6.69. The van der Waals surface area contributed by atoms with Crippen molar-refractivity contribution in [1.82, 2.24) is 9.80 Å². The molecule has 2 aromatic rings. The molecule has 0 bridgehead atoms. The lowest BCUT2D eigenvalue weighted by Crippen LogP contribution is -2.45. The van der Waals surface area contributed by atoms with Gasteiger partial charge in [0.05, 0.1) is 11.8 Å². The molecule has 4 nitrogen and oxygen atoms in total. The smallest absolute Gasteiger partial charge is 0.257 e. The van der Waals surface area contributed by atoms with E-state index in [1.807, 2.05) is 4.90 Å². The van der Waals surface area contributed by atoms with Gasteiger partial charge in [-0.2, -0.15) is 0 Å². The molecule has 3 heterocycles. The summed E-state index contributed by atoms with van der Waals surface area (Å²) < 4.78 is 5.07. The van der Waals surface area contributed by atoms with Crippen molar-refractivity contribution in [3.8, 4) is 0 Å². The lowest BCUT2D eigenvalue weighted by molar-refractivity contribution is 0.0675. The predicted molar refractivity (Wildman–Crippen MR) is 97.4 cm³/mol. The molecule has 0 radical (unpaired) electrons. The Balaban J connectivity index is 1.41. The largest absolute Gasteiger partial charge is 0.472 e. The maximum atomic E-state index is 12.6. The lowest BCUT2D eigenvalue weighted by Gasteiger charge is -2.40. The Bertz CT molecular complexity index is 740. The molecule has 2 saturated heterocycles. The molecule has 1 atom stereocenters. The summed E-state index contributed by atoms with van der Waals surface area (Å²) in [5, 5.41) is 0. The zero-order chi connectivity index (χ0) is 17.3. The Morgan fingerprint density at radius 1 is 1.20 bits per heavy atom. The van der Waals surface area contributed by atoms with Gasteiger partial charge in [-0.1, -0.05) is 29.8 Å². The third-order valence-corrected chi connectivity index (χ3v) is 5.72. The predicted octanol–water partition coefficient (Wildman–Crippen LogP) is 3.72. The van der Waals surface area contributed by atoms with Crippen LogP contribution in [0.25, 0.3) is 0 Å². The fraction of sp³-hybridized carbons (Fsp3) is 0.476. The molecule has 132 valence electrons. The van der Waals surface area contributed by atoms with Gasteiger partial charge in [0.25, 0.3) is 5.91 Å². The van der Waals surface area contributed by atoms with Gasteiger partial charge in [-0.05, 0) is 44.4 Å². The number of piperidine rings is 1. The van der Waals surface area contributed by atoms with Crippen LogP contribution in [-0.2, 0) is 6.54 Å². The summed E-state index contributed by atoms with van der Waals surface area (Å²) in [6, 6.07) is 10.6. The minimum absolute atomic E-state index is 0.112. The Hall–Kier alpha value is -2.07. The maximum Gasteiger partial charge on any atom is 0.257 e. The van der Waals surface area contributed by atoms with Crippen LogP contribution < -0.4 is 0 Å². The van der Waals surface area contributed by atoms with E-state index in [2.05, 4.69) is 36.1 Å². The van der Waals surface area contributed by atoms with Crippen molar-refractivity contribution in [2.24, 2.45) is 5.41 Å². The first-order chi connectivity index (χ1) is 12.1. The van der Waals surface area contributed by atoms with Crippen molar-refractivity contribution in [1.29, 1.82) is 0 Å². The number of furan rings is 1. The van der Waals surface area contributed by atoms with Gasteiger partial charge in [0.2, 0.25) is 0 Å². The number of hydrogen-bond donors (Lipinski definition) is 0. The van der Waals surface area contributed by atoms with Gasteiger partial charge in [0.1, 0.15) is 6.26 Å². The number of nitrogens with zero attached hydrogens (tertiary/aromatic N) is 2. The van der Waals surface area contributed by atoms with Gasteiger partial charge in [-0.15, -0.1) is 0 Å². The Kier molecular flexibility index (Phi) is 4.38. The minimum Gasteiger partial charge on any atom is -0.472 e. The van der Waals surface area contributed by atoms with Crippen molar-refractivity contribution in [2.75, 3.05) is 26.2 Å². The Morgan fingerprint density at radius 3 is 2.92 bits per heavy atom. The van der Waals surface area contributed by atoms with Crippen molar-refractivity contribution in [3.05, 3.63) is 59.5 Å². The zero-order valence-corrected chi connectivity index (χ0v) is 14.9. The SMILES string of the molecule is Cc1cccc(CN2CCC[C@]3(CCN(C(=O)c4ccoc4)C3)C2)c1. The third kappa shape index (κ3) is 3.49. The van der Waals surface area contributed by atoms with E-state index in [1.54, 1.807) is 18.6 Å². The molecule has 0 N–H and O–H groups in total. The van der Waals surface area contributed by atoms with Crippen molar-refractivity contribution < 1.29 is 9.21 Å². The van der Waals surface area contributed by atoms with Crippen LogP contribution in [0.4, 0.5) is 0 Å². The highest BCUT2D eigenvalue weighted by molar-refractivity contribution is 5.94. The molecule has 2 aliphatic heterocycles. The van der Waals surface area contributed by atoms with Gasteiger partial charge in [0, 0.05) is 31.6 Å². The molecule has 0 aliphatic carbocycles. The number of carbonyl (C=O) groups excluding carboxylic acids is 1. The van der Waals surface area contributed by atoms with Crippen LogP contribution in [0.5, 0.6) is 0 Å². The summed E-state index contributed by atoms with van der Waals surface area (Å²) in [6.45, 7) is 7.15. The molecule has 4 heteroatoms. The van der Waals surface area contributed by atoms with E-state index in [-0.39, 0.29) is 11.3 Å². The standard InChI is InChI=1S/C21H26N2O2/c1-17-4-2-5-18(12-17)13-22-9-3-7-21(15-22)8-10-23(16-21)20(24)19-6-11-25-14-19/h2,4-6,11-12,14H,3,7-10,13,15-16H2,1H3/t21-/m0/s1. The fourth-order valence-corrected chi connectivity index (χ4v) is 4.52. The number of rotatable bonds is 3. The van der Waals surface area contributed by atoms with Gasteiger partial charge in [-0.25, -0.2) is 0 Å². The lowest BCUT2D eigenvalue weighted by atomic mass is 9.79. The molecule has 1 amide bonds. The van der Waals surface area contributed by atoms with Gasteiger partial charge in [0.15, 0.2) is 0 Å². The highest BCUT2D eigenvalue weighted by Gasteiger charge is 2.42. The van der Waals surface area contributed by atoms with Crippen LogP contribution in [0.15, 0.2) is 47.3 Å². The van der Waals surface area contributed by atoms with Crippen LogP contribution in [0.3, 0.4) is 0 Å². The van der Waals surface area contributed by atoms with Gasteiger partial charge in [-0.3, -0.25) is 9.69 Å². The number of hydrogen-bond acceptors (Lipinski definition) is 3. The number of carbonyl (C=O) groups is 1. The van der Waals surface area contributed by atoms with Crippen LogP contribution in [0.1, 0.15) is 40.7 Å². The second kappa shape index (κ2) is 6.68. The Labute approximate surface area is 149 Å². The normalized spacial score (nSPS) is 24.1. The van der Waals surface area contributed by atoms with E-state index in [0.717, 1.165) is 39.1 Å². The van der Waals surface area contributed by atoms with E-state index >= 15 is 0 Å². The summed E-state index contributed by atoms with van der Waals surface area (Å²) in [4.78, 5) is 17.2. The average molecular weight is 338 g/mol. The number of benzene rings is 1. The number of aryl methyl sites for hydroxylation is 1. The quantitative estimate of drug-likeness (QED) is 0.856. The highest BCUT2D eigenvalue weighted by atomic mass is 16.3. The van der Waals surface area contributed by atoms with Crippen LogP contribution in [-0.4, -0.2) is 41.9 Å². The molecule has 0 unspecified atom stereocenters. The van der Waals surface area contributed by atoms with E-state index < -0.39 is 0 Å². The second-order valence-corrected chi connectivity index (χ2v) is 7.79. The average Bonchev–Trinajstić information content (AvgIpc) is 3.25. The highest BCUT2D eigenvalue weighted by Crippen LogP contribution is 2.39. The molecule has 0 saturated carbocycles. The molecule has 1 spiro atoms. The molecule has 25 heavy (non-hydrogen) atoms. The Morgan fingerprint density at radius 2 is 2.12 bits per heavy atom. The van der Waals surface area contributed by atoms with E-state index in [0.29, 0.717) is 5.56 Å². The zero-order valence-electron chi connectivity index (χ0n) is 14.9. The van der Waals surface area contributed by atoms with Gasteiger partial charge < -0.3 is 9.32 Å². The van der Waals surface area contributed by atoms with Crippen LogP contribution in [0, 0.1) is 12.3 Å². The molecule has 1 aromatic carbocycles. The summed E-state index contributed by atoms with van der Waals surface area (Å²) >= 11 is 0. The number of likely N-dealkylation sites (tertiary alicyclic amines) is 2. The molecule has 4 rings (SSSR count). The summed E-state index contributed by atoms with van der Waals surface area (Å²) in [5.41, 5.74) is 3.65.